The van der Waals surface area contributed by atoms with Crippen LogP contribution in [-0.4, -0.2) is 57.2 Å². The van der Waals surface area contributed by atoms with Gasteiger partial charge in [-0.1, -0.05) is 11.8 Å². The minimum absolute atomic E-state index is 0.311. The van der Waals surface area contributed by atoms with Gasteiger partial charge in [0.15, 0.2) is 6.23 Å². The summed E-state index contributed by atoms with van der Waals surface area (Å²) in [5, 5.41) is 28.8. The van der Waals surface area contributed by atoms with Gasteiger partial charge < -0.3 is 30.7 Å². The van der Waals surface area contributed by atoms with Gasteiger partial charge in [-0.05, 0) is 0 Å². The first-order valence-electron chi connectivity index (χ1n) is 4.62. The standard InChI is InChI=1S/C8H14N2O4S/c9-5-1-10(3-15-5)8-7(13)6(12)4(2-11)14-8/h1,4,6-8,11-13H,2-3,9H2/t4-,6-,7-,8+/m0/s1. The van der Waals surface area contributed by atoms with Crippen molar-refractivity contribution in [3.63, 3.8) is 0 Å². The molecule has 2 aliphatic heterocycles. The first-order chi connectivity index (χ1) is 7.13. The highest BCUT2D eigenvalue weighted by Crippen LogP contribution is 2.30. The molecule has 0 amide bonds. The molecule has 5 N–H and O–H groups in total. The fourth-order valence-corrected chi connectivity index (χ4v) is 2.42. The highest BCUT2D eigenvalue weighted by molar-refractivity contribution is 8.03. The van der Waals surface area contributed by atoms with Crippen LogP contribution in [0.1, 0.15) is 0 Å². The lowest BCUT2D eigenvalue weighted by Crippen LogP contribution is -2.40. The van der Waals surface area contributed by atoms with E-state index in [-0.39, 0.29) is 6.61 Å². The average Bonchev–Trinajstić information content (AvgIpc) is 2.74. The largest absolute Gasteiger partial charge is 0.394 e. The minimum atomic E-state index is -1.06. The summed E-state index contributed by atoms with van der Waals surface area (Å²) < 4.78 is 5.33. The fourth-order valence-electron chi connectivity index (χ4n) is 1.69. The van der Waals surface area contributed by atoms with Crippen molar-refractivity contribution in [1.82, 2.24) is 4.90 Å². The predicted molar refractivity (Wildman–Crippen MR) is 54.3 cm³/mol. The number of nitrogens with two attached hydrogens (primary N) is 1. The van der Waals surface area contributed by atoms with Crippen LogP contribution in [0.25, 0.3) is 0 Å². The average molecular weight is 234 g/mol. The number of nitrogens with zero attached hydrogens (tertiary/aromatic N) is 1. The molecular formula is C8H14N2O4S. The van der Waals surface area contributed by atoms with Gasteiger partial charge in [0.25, 0.3) is 0 Å². The Morgan fingerprint density at radius 2 is 2.27 bits per heavy atom. The second-order valence-corrected chi connectivity index (χ2v) is 4.57. The van der Waals surface area contributed by atoms with Gasteiger partial charge in [-0.15, -0.1) is 0 Å². The minimum Gasteiger partial charge on any atom is -0.394 e. The van der Waals surface area contributed by atoms with Gasteiger partial charge in [-0.25, -0.2) is 0 Å². The number of rotatable bonds is 2. The summed E-state index contributed by atoms with van der Waals surface area (Å²) in [4.78, 5) is 1.71. The van der Waals surface area contributed by atoms with E-state index >= 15 is 0 Å². The van der Waals surface area contributed by atoms with Crippen LogP contribution in [0.5, 0.6) is 0 Å². The van der Waals surface area contributed by atoms with Gasteiger partial charge in [0.1, 0.15) is 18.3 Å². The zero-order chi connectivity index (χ0) is 11.0. The third kappa shape index (κ3) is 1.93. The zero-order valence-corrected chi connectivity index (χ0v) is 8.80. The molecule has 0 unspecified atom stereocenters. The lowest BCUT2D eigenvalue weighted by atomic mass is 10.1. The first-order valence-corrected chi connectivity index (χ1v) is 5.60. The molecule has 0 aromatic heterocycles. The van der Waals surface area contributed by atoms with E-state index in [1.807, 2.05) is 0 Å². The van der Waals surface area contributed by atoms with Crippen molar-refractivity contribution in [1.29, 1.82) is 0 Å². The molecule has 0 spiro atoms. The molecule has 7 heteroatoms. The third-order valence-electron chi connectivity index (χ3n) is 2.52. The van der Waals surface area contributed by atoms with E-state index in [2.05, 4.69) is 0 Å². The molecule has 6 nitrogen and oxygen atoms in total. The molecule has 0 aliphatic carbocycles. The molecule has 2 heterocycles. The topological polar surface area (TPSA) is 99.2 Å². The van der Waals surface area contributed by atoms with Gasteiger partial charge in [-0.2, -0.15) is 0 Å². The molecule has 15 heavy (non-hydrogen) atoms. The van der Waals surface area contributed by atoms with Gasteiger partial charge in [0.2, 0.25) is 0 Å². The van der Waals surface area contributed by atoms with E-state index in [9.17, 15) is 10.2 Å². The van der Waals surface area contributed by atoms with Crippen LogP contribution in [0, 0.1) is 0 Å². The van der Waals surface area contributed by atoms with E-state index in [4.69, 9.17) is 15.6 Å². The van der Waals surface area contributed by atoms with E-state index in [0.29, 0.717) is 10.9 Å². The van der Waals surface area contributed by atoms with Crippen molar-refractivity contribution in [3.05, 3.63) is 11.2 Å². The third-order valence-corrected chi connectivity index (χ3v) is 3.38. The van der Waals surface area contributed by atoms with Crippen LogP contribution in [0.2, 0.25) is 0 Å². The molecule has 86 valence electrons. The molecule has 4 atom stereocenters. The molecule has 1 fully saturated rings. The van der Waals surface area contributed by atoms with Crippen molar-refractivity contribution in [2.24, 2.45) is 5.73 Å². The van der Waals surface area contributed by atoms with Gasteiger partial charge in [0.05, 0.1) is 17.5 Å². The van der Waals surface area contributed by atoms with Crippen molar-refractivity contribution < 1.29 is 20.1 Å². The molecule has 2 rings (SSSR count). The normalized spacial score (nSPS) is 41.0. The van der Waals surface area contributed by atoms with Crippen molar-refractivity contribution >= 4 is 11.8 Å². The molecular weight excluding hydrogens is 220 g/mol. The lowest BCUT2D eigenvalue weighted by Gasteiger charge is -2.24. The maximum Gasteiger partial charge on any atom is 0.159 e. The molecule has 0 aromatic rings. The molecule has 0 saturated carbocycles. The van der Waals surface area contributed by atoms with E-state index in [0.717, 1.165) is 0 Å². The van der Waals surface area contributed by atoms with Crippen molar-refractivity contribution in [3.8, 4) is 0 Å². The van der Waals surface area contributed by atoms with Crippen LogP contribution in [0.4, 0.5) is 0 Å². The maximum atomic E-state index is 9.70. The lowest BCUT2D eigenvalue weighted by molar-refractivity contribution is -0.0729. The Kier molecular flexibility index (Phi) is 3.08. The number of aliphatic hydroxyl groups excluding tert-OH is 3. The second kappa shape index (κ2) is 4.18. The Morgan fingerprint density at radius 3 is 2.73 bits per heavy atom. The highest BCUT2D eigenvalue weighted by Gasteiger charge is 2.45. The Hall–Kier alpha value is -0.470. The maximum absolute atomic E-state index is 9.70. The number of aliphatic hydroxyl groups is 3. The summed E-state index contributed by atoms with van der Waals surface area (Å²) in [7, 11) is 0. The van der Waals surface area contributed by atoms with E-state index in [1.54, 1.807) is 11.1 Å². The summed E-state index contributed by atoms with van der Waals surface area (Å²) in [6.45, 7) is -0.311. The highest BCUT2D eigenvalue weighted by atomic mass is 32.2. The van der Waals surface area contributed by atoms with Gasteiger partial charge >= 0.3 is 0 Å². The number of ether oxygens (including phenoxy) is 1. The van der Waals surface area contributed by atoms with Crippen LogP contribution in [0.3, 0.4) is 0 Å². The quantitative estimate of drug-likeness (QED) is 0.447. The zero-order valence-electron chi connectivity index (χ0n) is 7.98. The Bertz CT molecular complexity index is 275. The smallest absolute Gasteiger partial charge is 0.159 e. The Balaban J connectivity index is 2.05. The first kappa shape index (κ1) is 11.0. The van der Waals surface area contributed by atoms with Crippen molar-refractivity contribution in [2.45, 2.75) is 24.5 Å². The Morgan fingerprint density at radius 1 is 1.53 bits per heavy atom. The van der Waals surface area contributed by atoms with E-state index < -0.39 is 24.5 Å². The van der Waals surface area contributed by atoms with Crippen LogP contribution in [0.15, 0.2) is 11.2 Å². The fraction of sp³-hybridized carbons (Fsp3) is 0.750. The van der Waals surface area contributed by atoms with Gasteiger partial charge in [0, 0.05) is 6.20 Å². The molecule has 0 aromatic carbocycles. The molecule has 0 radical (unpaired) electrons. The molecule has 2 aliphatic rings. The number of thioether (sulfide) groups is 1. The predicted octanol–water partition coefficient (Wildman–Crippen LogP) is -1.81. The second-order valence-electron chi connectivity index (χ2n) is 3.55. The summed E-state index contributed by atoms with van der Waals surface area (Å²) in [5.74, 6) is 0.582. The molecule has 0 bridgehead atoms. The van der Waals surface area contributed by atoms with E-state index in [1.165, 1.54) is 11.8 Å². The number of hydrogen-bond acceptors (Lipinski definition) is 7. The summed E-state index contributed by atoms with van der Waals surface area (Å²) in [6, 6.07) is 0. The van der Waals surface area contributed by atoms with Gasteiger partial charge in [-0.3, -0.25) is 0 Å². The van der Waals surface area contributed by atoms with Crippen LogP contribution < -0.4 is 5.73 Å². The number of hydrogen-bond donors (Lipinski definition) is 4. The summed E-state index contributed by atoms with van der Waals surface area (Å²) in [6.07, 6.45) is -1.77. The summed E-state index contributed by atoms with van der Waals surface area (Å²) >= 11 is 1.43. The van der Waals surface area contributed by atoms with Crippen LogP contribution >= 0.6 is 11.8 Å². The molecule has 1 saturated heterocycles. The van der Waals surface area contributed by atoms with Crippen molar-refractivity contribution in [2.75, 3.05) is 12.5 Å². The van der Waals surface area contributed by atoms with Crippen LogP contribution in [-0.2, 0) is 4.74 Å². The Labute approximate surface area is 91.3 Å². The summed E-state index contributed by atoms with van der Waals surface area (Å²) in [5.41, 5.74) is 5.57. The SMILES string of the molecule is NC1=CN([C@@H]2O[C@@H](CO)[C@H](O)[C@@H]2O)CS1. The monoisotopic (exact) mass is 234 g/mol.